The maximum absolute atomic E-state index is 13.5. The van der Waals surface area contributed by atoms with Crippen molar-refractivity contribution in [2.75, 3.05) is 33.2 Å². The number of nitrogens with one attached hydrogen (secondary N) is 4. The van der Waals surface area contributed by atoms with Gasteiger partial charge in [-0.2, -0.15) is 0 Å². The van der Waals surface area contributed by atoms with Crippen LogP contribution in [0.2, 0.25) is 0 Å². The normalized spacial score (nSPS) is 14.2. The van der Waals surface area contributed by atoms with Crippen molar-refractivity contribution in [3.8, 4) is 28.4 Å². The highest BCUT2D eigenvalue weighted by Gasteiger charge is 2.29. The summed E-state index contributed by atoms with van der Waals surface area (Å²) in [6.07, 6.45) is 2.86. The van der Waals surface area contributed by atoms with Gasteiger partial charge in [-0.1, -0.05) is 24.3 Å². The van der Waals surface area contributed by atoms with Crippen LogP contribution in [0.1, 0.15) is 36.1 Å². The molecule has 4 aromatic rings. The van der Waals surface area contributed by atoms with E-state index in [1.54, 1.807) is 18.3 Å². The molecule has 0 aliphatic heterocycles. The topological polar surface area (TPSA) is 168 Å². The van der Waals surface area contributed by atoms with Crippen molar-refractivity contribution in [2.45, 2.75) is 38.3 Å². The number of amides is 2. The Morgan fingerprint density at radius 2 is 1.78 bits per heavy atom. The number of H-pyrrole nitrogens is 1. The predicted octanol–water partition coefficient (Wildman–Crippen LogP) is 3.57. The van der Waals surface area contributed by atoms with E-state index >= 15 is 0 Å². The Kier molecular flexibility index (Phi) is 9.45. The summed E-state index contributed by atoms with van der Waals surface area (Å²) in [5.41, 5.74) is 4.12. The molecule has 0 bridgehead atoms. The summed E-state index contributed by atoms with van der Waals surface area (Å²) >= 11 is 0. The number of carbonyl (C=O) groups excluding carboxylic acids is 2. The average Bonchev–Trinajstić information content (AvgIpc) is 3.29. The number of ether oxygens (including phenoxy) is 3. The minimum Gasteiger partial charge on any atom is -0.493 e. The Morgan fingerprint density at radius 3 is 2.48 bits per heavy atom. The third-order valence-electron chi connectivity index (χ3n) is 8.09. The van der Waals surface area contributed by atoms with Gasteiger partial charge in [0.2, 0.25) is 23.0 Å². The monoisotopic (exact) mass is 628 g/mol. The van der Waals surface area contributed by atoms with E-state index in [0.717, 1.165) is 22.0 Å². The molecule has 12 nitrogen and oxygen atoms in total. The Hall–Kier alpha value is -5.52. The molecule has 2 amide bonds. The van der Waals surface area contributed by atoms with Crippen LogP contribution in [0.15, 0.2) is 59.5 Å². The highest BCUT2D eigenvalue weighted by molar-refractivity contribution is 5.88. The lowest BCUT2D eigenvalue weighted by atomic mass is 9.95. The number of fused-ring (bicyclic) bond motifs is 4. The maximum atomic E-state index is 13.5. The molecule has 0 fully saturated rings. The van der Waals surface area contributed by atoms with Gasteiger partial charge in [0.15, 0.2) is 11.5 Å². The lowest BCUT2D eigenvalue weighted by molar-refractivity contribution is -0.141. The first-order valence-corrected chi connectivity index (χ1v) is 14.7. The third-order valence-corrected chi connectivity index (χ3v) is 8.09. The first kappa shape index (κ1) is 31.9. The molecule has 5 N–H and O–H groups in total. The molecule has 0 saturated heterocycles. The van der Waals surface area contributed by atoms with Crippen molar-refractivity contribution in [1.29, 1.82) is 0 Å². The second-order valence-electron chi connectivity index (χ2n) is 11.0. The highest BCUT2D eigenvalue weighted by atomic mass is 16.5. The number of hydrogen-bond donors (Lipinski definition) is 5. The van der Waals surface area contributed by atoms with Crippen molar-refractivity contribution >= 4 is 34.4 Å². The summed E-state index contributed by atoms with van der Waals surface area (Å²) in [6, 6.07) is 12.4. The van der Waals surface area contributed by atoms with Gasteiger partial charge in [-0.15, -0.1) is 0 Å². The molecule has 2 atom stereocenters. The van der Waals surface area contributed by atoms with Crippen LogP contribution >= 0.6 is 0 Å². The molecule has 240 valence electrons. The highest BCUT2D eigenvalue weighted by Crippen LogP contribution is 2.50. The summed E-state index contributed by atoms with van der Waals surface area (Å²) < 4.78 is 17.0. The molecule has 0 saturated carbocycles. The van der Waals surface area contributed by atoms with Crippen LogP contribution < -0.4 is 35.6 Å². The largest absolute Gasteiger partial charge is 0.493 e. The van der Waals surface area contributed by atoms with Gasteiger partial charge in [-0.25, -0.2) is 4.79 Å². The number of aliphatic carboxylic acids is 1. The quantitative estimate of drug-likeness (QED) is 0.167. The lowest BCUT2D eigenvalue weighted by Gasteiger charge is -2.19. The number of methoxy groups -OCH3 is 3. The fraction of sp³-hybridized carbons (Fsp3) is 0.294. The van der Waals surface area contributed by atoms with Gasteiger partial charge in [-0.3, -0.25) is 14.4 Å². The van der Waals surface area contributed by atoms with Crippen LogP contribution in [0, 0.1) is 0 Å². The standard InChI is InChI=1S/C34H36N4O8/c1-18(39)37-25-11-9-19-14-29(44-2)32(45-3)33(46-4)31(19)22-10-12-26(28(40)15-23(22)25)36-17-30(41)38-27(34(42)43)13-20-16-35-24-8-6-5-7-21(20)24/h5-8,10,12,14-16,25,27,35H,9,11,13,17H2,1-4H3,(H,36,40)(H,37,39)(H,38,41)(H,42,43)/t25-,27-/m0/s1. The van der Waals surface area contributed by atoms with E-state index in [-0.39, 0.29) is 24.6 Å². The van der Waals surface area contributed by atoms with Crippen molar-refractivity contribution in [3.63, 3.8) is 0 Å². The molecule has 1 aromatic heterocycles. The molecule has 12 heteroatoms. The van der Waals surface area contributed by atoms with Crippen LogP contribution in [-0.2, 0) is 27.2 Å². The van der Waals surface area contributed by atoms with Gasteiger partial charge >= 0.3 is 5.97 Å². The fourth-order valence-corrected chi connectivity index (χ4v) is 6.00. The SMILES string of the molecule is COc1cc2c(c(OC)c1OC)-c1ccc(NCC(=O)N[C@@H](Cc3c[nH]c4ccccc34)C(=O)O)c(=O)cc1[C@@H](NC(C)=O)CC2. The summed E-state index contributed by atoms with van der Waals surface area (Å²) in [4.78, 5) is 53.8. The van der Waals surface area contributed by atoms with Gasteiger partial charge < -0.3 is 40.3 Å². The molecular weight excluding hydrogens is 592 g/mol. The van der Waals surface area contributed by atoms with E-state index in [4.69, 9.17) is 14.2 Å². The van der Waals surface area contributed by atoms with Gasteiger partial charge in [0, 0.05) is 36.0 Å². The lowest BCUT2D eigenvalue weighted by Crippen LogP contribution is -2.44. The van der Waals surface area contributed by atoms with E-state index in [2.05, 4.69) is 20.9 Å². The van der Waals surface area contributed by atoms with Gasteiger partial charge in [-0.05, 0) is 59.4 Å². The number of rotatable bonds is 11. The van der Waals surface area contributed by atoms with Crippen LogP contribution in [0.4, 0.5) is 5.69 Å². The molecule has 0 spiro atoms. The number of carbonyl (C=O) groups is 3. The van der Waals surface area contributed by atoms with E-state index in [1.165, 1.54) is 34.3 Å². The van der Waals surface area contributed by atoms with Gasteiger partial charge in [0.25, 0.3) is 0 Å². The molecule has 3 aromatic carbocycles. The molecule has 1 aliphatic rings. The number of para-hydroxylation sites is 1. The number of carboxylic acid groups (broad SMARTS) is 1. The zero-order valence-electron chi connectivity index (χ0n) is 26.0. The van der Waals surface area contributed by atoms with Crippen LogP contribution in [0.3, 0.4) is 0 Å². The van der Waals surface area contributed by atoms with Crippen molar-refractivity contribution in [3.05, 3.63) is 81.6 Å². The minimum atomic E-state index is -1.18. The minimum absolute atomic E-state index is 0.0743. The fourth-order valence-electron chi connectivity index (χ4n) is 6.00. The van der Waals surface area contributed by atoms with Gasteiger partial charge in [0.05, 0.1) is 39.6 Å². The first-order chi connectivity index (χ1) is 22.1. The van der Waals surface area contributed by atoms with Crippen LogP contribution in [0.25, 0.3) is 22.0 Å². The Balaban J connectivity index is 1.45. The van der Waals surface area contributed by atoms with Crippen molar-refractivity contribution < 1.29 is 33.7 Å². The average molecular weight is 629 g/mol. The number of aryl methyl sites for hydroxylation is 1. The molecule has 46 heavy (non-hydrogen) atoms. The third kappa shape index (κ3) is 6.46. The van der Waals surface area contributed by atoms with E-state index in [9.17, 15) is 24.3 Å². The predicted molar refractivity (Wildman–Crippen MR) is 173 cm³/mol. The number of hydrogen-bond acceptors (Lipinski definition) is 8. The summed E-state index contributed by atoms with van der Waals surface area (Å²) in [5.74, 6) is -0.735. The molecule has 1 heterocycles. The van der Waals surface area contributed by atoms with Crippen molar-refractivity contribution in [1.82, 2.24) is 15.6 Å². The van der Waals surface area contributed by atoms with Gasteiger partial charge in [0.1, 0.15) is 6.04 Å². The smallest absolute Gasteiger partial charge is 0.326 e. The Morgan fingerprint density at radius 1 is 1.02 bits per heavy atom. The van der Waals surface area contributed by atoms with E-state index < -0.39 is 29.4 Å². The Bertz CT molecular complexity index is 1870. The molecule has 0 radical (unpaired) electrons. The Labute approximate surface area is 265 Å². The number of anilines is 1. The summed E-state index contributed by atoms with van der Waals surface area (Å²) in [5, 5.41) is 19.1. The van der Waals surface area contributed by atoms with E-state index in [1.807, 2.05) is 30.3 Å². The molecular formula is C34H36N4O8. The second-order valence-corrected chi connectivity index (χ2v) is 11.0. The number of benzene rings is 2. The molecule has 1 aliphatic carbocycles. The van der Waals surface area contributed by atoms with Crippen LogP contribution in [-0.4, -0.2) is 61.8 Å². The number of aromatic amines is 1. The molecule has 5 rings (SSSR count). The zero-order valence-corrected chi connectivity index (χ0v) is 26.0. The summed E-state index contributed by atoms with van der Waals surface area (Å²) in [7, 11) is 4.56. The second kappa shape index (κ2) is 13.6. The van der Waals surface area contributed by atoms with Crippen LogP contribution in [0.5, 0.6) is 17.2 Å². The number of aromatic nitrogens is 1. The first-order valence-electron chi connectivity index (χ1n) is 14.7. The molecule has 0 unspecified atom stereocenters. The number of carboxylic acids is 1. The van der Waals surface area contributed by atoms with E-state index in [0.29, 0.717) is 46.8 Å². The maximum Gasteiger partial charge on any atom is 0.326 e. The summed E-state index contributed by atoms with van der Waals surface area (Å²) in [6.45, 7) is 1.07. The van der Waals surface area contributed by atoms with Crippen molar-refractivity contribution in [2.24, 2.45) is 0 Å². The zero-order chi connectivity index (χ0) is 33.0.